The van der Waals surface area contributed by atoms with Crippen molar-refractivity contribution in [1.29, 1.82) is 0 Å². The molecule has 0 spiro atoms. The summed E-state index contributed by atoms with van der Waals surface area (Å²) in [5, 5.41) is 11.9. The predicted molar refractivity (Wildman–Crippen MR) is 75.1 cm³/mol. The van der Waals surface area contributed by atoms with E-state index in [2.05, 4.69) is 5.32 Å². The van der Waals surface area contributed by atoms with Gasteiger partial charge in [0.25, 0.3) is 0 Å². The van der Waals surface area contributed by atoms with Crippen molar-refractivity contribution in [1.82, 2.24) is 0 Å². The highest BCUT2D eigenvalue weighted by Gasteiger charge is 2.19. The second kappa shape index (κ2) is 6.05. The third-order valence-corrected chi connectivity index (χ3v) is 3.62. The van der Waals surface area contributed by atoms with Gasteiger partial charge in [-0.2, -0.15) is 0 Å². The number of carbonyl (C=O) groups is 2. The second-order valence-corrected chi connectivity index (χ2v) is 5.16. The number of benzene rings is 1. The lowest BCUT2D eigenvalue weighted by molar-refractivity contribution is -0.118. The van der Waals surface area contributed by atoms with Crippen LogP contribution in [0.1, 0.15) is 40.7 Å². The number of nitrogens with one attached hydrogen (secondary N) is 1. The molecule has 1 aromatic rings. The minimum Gasteiger partial charge on any atom is -0.478 e. The van der Waals surface area contributed by atoms with Crippen LogP contribution < -0.4 is 5.32 Å². The molecule has 2 N–H and O–H groups in total. The van der Waals surface area contributed by atoms with Gasteiger partial charge in [-0.1, -0.05) is 0 Å². The number of amides is 1. The van der Waals surface area contributed by atoms with Crippen LogP contribution in [0.5, 0.6) is 0 Å². The highest BCUT2D eigenvalue weighted by atomic mass is 16.5. The molecule has 0 saturated carbocycles. The van der Waals surface area contributed by atoms with Crippen LogP contribution >= 0.6 is 0 Å². The Hall–Kier alpha value is -1.88. The zero-order valence-corrected chi connectivity index (χ0v) is 11.7. The van der Waals surface area contributed by atoms with E-state index in [-0.39, 0.29) is 17.6 Å². The van der Waals surface area contributed by atoms with Gasteiger partial charge in [0, 0.05) is 12.3 Å². The fourth-order valence-electron chi connectivity index (χ4n) is 2.38. The molecule has 0 bridgehead atoms. The zero-order valence-electron chi connectivity index (χ0n) is 11.7. The Labute approximate surface area is 117 Å². The number of carboxylic acid groups (broad SMARTS) is 1. The third-order valence-electron chi connectivity index (χ3n) is 3.62. The summed E-state index contributed by atoms with van der Waals surface area (Å²) in [6.07, 6.45) is 2.20. The summed E-state index contributed by atoms with van der Waals surface area (Å²) in [6.45, 7) is 4.30. The van der Waals surface area contributed by atoms with E-state index in [1.54, 1.807) is 13.0 Å². The fraction of sp³-hybridized carbons (Fsp3) is 0.467. The lowest BCUT2D eigenvalue weighted by Gasteiger charge is -2.12. The summed E-state index contributed by atoms with van der Waals surface area (Å²) < 4.78 is 5.41. The Balaban J connectivity index is 2.08. The van der Waals surface area contributed by atoms with Crippen LogP contribution in [0.15, 0.2) is 12.1 Å². The van der Waals surface area contributed by atoms with Crippen molar-refractivity contribution in [2.75, 3.05) is 11.9 Å². The van der Waals surface area contributed by atoms with E-state index in [0.717, 1.165) is 24.0 Å². The molecule has 5 nitrogen and oxygen atoms in total. The number of carbonyl (C=O) groups excluding carboxylic acids is 1. The normalized spacial score (nSPS) is 18.0. The average Bonchev–Trinajstić information content (AvgIpc) is 2.85. The van der Waals surface area contributed by atoms with Crippen LogP contribution in [-0.4, -0.2) is 29.7 Å². The number of carboxylic acids is 1. The van der Waals surface area contributed by atoms with Crippen LogP contribution in [0.2, 0.25) is 0 Å². The molecular weight excluding hydrogens is 258 g/mol. The Morgan fingerprint density at radius 2 is 2.15 bits per heavy atom. The summed E-state index contributed by atoms with van der Waals surface area (Å²) in [4.78, 5) is 23.1. The second-order valence-electron chi connectivity index (χ2n) is 5.16. The molecule has 1 fully saturated rings. The molecule has 108 valence electrons. The molecule has 1 unspecified atom stereocenters. The molecule has 1 aromatic carbocycles. The number of aryl methyl sites for hydroxylation is 1. The van der Waals surface area contributed by atoms with Gasteiger partial charge in [0.2, 0.25) is 5.91 Å². The van der Waals surface area contributed by atoms with E-state index in [1.165, 1.54) is 6.07 Å². The SMILES string of the molecule is Cc1cc(NC(=O)CC2CCCO2)cc(C(=O)O)c1C. The maximum absolute atomic E-state index is 11.9. The van der Waals surface area contributed by atoms with Gasteiger partial charge >= 0.3 is 5.97 Å². The van der Waals surface area contributed by atoms with Gasteiger partial charge in [0.05, 0.1) is 18.1 Å². The van der Waals surface area contributed by atoms with Crippen LogP contribution in [0.25, 0.3) is 0 Å². The fourth-order valence-corrected chi connectivity index (χ4v) is 2.38. The van der Waals surface area contributed by atoms with Gasteiger partial charge in [0.15, 0.2) is 0 Å². The zero-order chi connectivity index (χ0) is 14.7. The van der Waals surface area contributed by atoms with Crippen molar-refractivity contribution in [3.63, 3.8) is 0 Å². The van der Waals surface area contributed by atoms with E-state index in [0.29, 0.717) is 18.7 Å². The average molecular weight is 277 g/mol. The number of anilines is 1. The van der Waals surface area contributed by atoms with Crippen LogP contribution in [0.3, 0.4) is 0 Å². The number of hydrogen-bond acceptors (Lipinski definition) is 3. The molecule has 1 aliphatic rings. The maximum Gasteiger partial charge on any atom is 0.336 e. The van der Waals surface area contributed by atoms with E-state index < -0.39 is 5.97 Å². The minimum absolute atomic E-state index is 0.0134. The highest BCUT2D eigenvalue weighted by Crippen LogP contribution is 2.21. The van der Waals surface area contributed by atoms with Gasteiger partial charge in [-0.25, -0.2) is 4.79 Å². The standard InChI is InChI=1S/C15H19NO4/c1-9-6-11(7-13(10(9)2)15(18)19)16-14(17)8-12-4-3-5-20-12/h6-7,12H,3-5,8H2,1-2H3,(H,16,17)(H,18,19). The van der Waals surface area contributed by atoms with Crippen molar-refractivity contribution < 1.29 is 19.4 Å². The largest absolute Gasteiger partial charge is 0.478 e. The number of rotatable bonds is 4. The molecule has 1 aliphatic heterocycles. The van der Waals surface area contributed by atoms with Crippen molar-refractivity contribution in [3.05, 3.63) is 28.8 Å². The van der Waals surface area contributed by atoms with Crippen molar-refractivity contribution in [2.45, 2.75) is 39.2 Å². The summed E-state index contributed by atoms with van der Waals surface area (Å²) in [6, 6.07) is 3.28. The van der Waals surface area contributed by atoms with E-state index in [9.17, 15) is 9.59 Å². The Morgan fingerprint density at radius 1 is 1.40 bits per heavy atom. The molecule has 20 heavy (non-hydrogen) atoms. The monoisotopic (exact) mass is 277 g/mol. The molecule has 1 atom stereocenters. The molecule has 1 heterocycles. The van der Waals surface area contributed by atoms with Gasteiger partial charge in [-0.3, -0.25) is 4.79 Å². The highest BCUT2D eigenvalue weighted by molar-refractivity contribution is 5.95. The van der Waals surface area contributed by atoms with E-state index in [1.807, 2.05) is 6.92 Å². The lowest BCUT2D eigenvalue weighted by Crippen LogP contribution is -2.19. The van der Waals surface area contributed by atoms with Crippen LogP contribution in [0, 0.1) is 13.8 Å². The van der Waals surface area contributed by atoms with Gasteiger partial charge in [-0.05, 0) is 49.9 Å². The first-order chi connectivity index (χ1) is 9.47. The van der Waals surface area contributed by atoms with Gasteiger partial charge < -0.3 is 15.2 Å². The summed E-state index contributed by atoms with van der Waals surface area (Å²) in [5.74, 6) is -1.13. The smallest absolute Gasteiger partial charge is 0.336 e. The quantitative estimate of drug-likeness (QED) is 0.886. The first-order valence-electron chi connectivity index (χ1n) is 6.73. The molecular formula is C15H19NO4. The number of ether oxygens (including phenoxy) is 1. The number of hydrogen-bond donors (Lipinski definition) is 2. The first-order valence-corrected chi connectivity index (χ1v) is 6.73. The van der Waals surface area contributed by atoms with Crippen molar-refractivity contribution >= 4 is 17.6 Å². The molecule has 2 rings (SSSR count). The summed E-state index contributed by atoms with van der Waals surface area (Å²) in [5.41, 5.74) is 2.30. The minimum atomic E-state index is -0.985. The third kappa shape index (κ3) is 3.36. The van der Waals surface area contributed by atoms with Gasteiger partial charge in [-0.15, -0.1) is 0 Å². The first kappa shape index (κ1) is 14.5. The Bertz CT molecular complexity index is 533. The topological polar surface area (TPSA) is 75.6 Å². The van der Waals surface area contributed by atoms with Crippen molar-refractivity contribution in [3.8, 4) is 0 Å². The Morgan fingerprint density at radius 3 is 2.75 bits per heavy atom. The molecule has 1 amide bonds. The summed E-state index contributed by atoms with van der Waals surface area (Å²) >= 11 is 0. The molecule has 1 saturated heterocycles. The van der Waals surface area contributed by atoms with E-state index in [4.69, 9.17) is 9.84 Å². The maximum atomic E-state index is 11.9. The molecule has 0 aliphatic carbocycles. The molecule has 5 heteroatoms. The summed E-state index contributed by atoms with van der Waals surface area (Å²) in [7, 11) is 0. The predicted octanol–water partition coefficient (Wildman–Crippen LogP) is 2.51. The Kier molecular flexibility index (Phi) is 4.39. The van der Waals surface area contributed by atoms with Gasteiger partial charge in [0.1, 0.15) is 0 Å². The lowest BCUT2D eigenvalue weighted by atomic mass is 10.0. The van der Waals surface area contributed by atoms with Crippen LogP contribution in [-0.2, 0) is 9.53 Å². The number of aromatic carboxylic acids is 1. The van der Waals surface area contributed by atoms with Crippen molar-refractivity contribution in [2.24, 2.45) is 0 Å². The molecule has 0 radical (unpaired) electrons. The molecule has 0 aromatic heterocycles. The van der Waals surface area contributed by atoms with Crippen LogP contribution in [0.4, 0.5) is 5.69 Å². The van der Waals surface area contributed by atoms with E-state index >= 15 is 0 Å².